The predicted octanol–water partition coefficient (Wildman–Crippen LogP) is 4.84. The predicted molar refractivity (Wildman–Crippen MR) is 164 cm³/mol. The summed E-state index contributed by atoms with van der Waals surface area (Å²) in [7, 11) is 3.07. The van der Waals surface area contributed by atoms with Crippen molar-refractivity contribution in [2.75, 3.05) is 38.3 Å². The van der Waals surface area contributed by atoms with Crippen LogP contribution in [0, 0.1) is 18.6 Å². The van der Waals surface area contributed by atoms with Crippen LogP contribution < -0.4 is 15.8 Å². The van der Waals surface area contributed by atoms with Crippen LogP contribution in [-0.2, 0) is 42.1 Å². The van der Waals surface area contributed by atoms with Gasteiger partial charge < -0.3 is 29.5 Å². The van der Waals surface area contributed by atoms with Crippen LogP contribution in [-0.4, -0.2) is 78.1 Å². The molecule has 1 fully saturated rings. The smallest absolute Gasteiger partial charge is 0.417 e. The lowest BCUT2D eigenvalue weighted by Gasteiger charge is -2.38. The Morgan fingerprint density at radius 1 is 1.02 bits per heavy atom. The maximum atomic E-state index is 15.2. The van der Waals surface area contributed by atoms with Crippen molar-refractivity contribution in [3.8, 4) is 11.1 Å². The fraction of sp³-hybridized carbons (Fsp3) is 0.424. The summed E-state index contributed by atoms with van der Waals surface area (Å²) in [6.45, 7) is 0.652. The first-order valence-electron chi connectivity index (χ1n) is 15.3. The molecule has 2 aliphatic rings. The zero-order valence-corrected chi connectivity index (χ0v) is 26.9. The quantitative estimate of drug-likeness (QED) is 0.338. The molecule has 2 atom stereocenters. The Balaban J connectivity index is 1.49. The number of fused-ring (bicyclic) bond motifs is 1. The number of carboxylic acids is 1. The molecule has 0 aliphatic carbocycles. The molecule has 0 radical (unpaired) electrons. The number of carbonyl (C=O) groups is 2. The van der Waals surface area contributed by atoms with Gasteiger partial charge >= 0.3 is 18.3 Å². The summed E-state index contributed by atoms with van der Waals surface area (Å²) in [5.74, 6) is -6.16. The van der Waals surface area contributed by atoms with E-state index >= 15 is 8.78 Å². The van der Waals surface area contributed by atoms with Gasteiger partial charge in [0.1, 0.15) is 29.3 Å². The summed E-state index contributed by atoms with van der Waals surface area (Å²) in [5, 5.41) is 12.1. The average molecular weight is 717 g/mol. The summed E-state index contributed by atoms with van der Waals surface area (Å²) in [6.07, 6.45) is -9.92. The van der Waals surface area contributed by atoms with Crippen LogP contribution >= 0.6 is 0 Å². The number of nitrogens with one attached hydrogen (secondary N) is 1. The second-order valence-electron chi connectivity index (χ2n) is 12.3. The number of aryl methyl sites for hydroxylation is 1. The number of halogens is 8. The maximum Gasteiger partial charge on any atom is 0.417 e. The highest BCUT2D eigenvalue weighted by Gasteiger charge is 2.46. The summed E-state index contributed by atoms with van der Waals surface area (Å²) in [4.78, 5) is 41.2. The van der Waals surface area contributed by atoms with Gasteiger partial charge in [-0.2, -0.15) is 26.3 Å². The van der Waals surface area contributed by atoms with Crippen LogP contribution in [0.15, 0.2) is 35.1 Å². The number of nitrogens with zero attached hydrogens (tertiary/aromatic N) is 3. The molecule has 50 heavy (non-hydrogen) atoms. The summed E-state index contributed by atoms with van der Waals surface area (Å²) in [5.41, 5.74) is -3.05. The molecule has 0 bridgehead atoms. The molecule has 5 rings (SSSR count). The average Bonchev–Trinajstić information content (AvgIpc) is 3.02. The number of alkyl halides is 6. The van der Waals surface area contributed by atoms with Crippen molar-refractivity contribution in [3.05, 3.63) is 85.8 Å². The van der Waals surface area contributed by atoms with E-state index in [2.05, 4.69) is 5.32 Å². The van der Waals surface area contributed by atoms with E-state index in [1.165, 1.54) is 26.1 Å². The van der Waals surface area contributed by atoms with Gasteiger partial charge in [-0.05, 0) is 60.8 Å². The number of benzene rings is 2. The molecule has 2 aliphatic heterocycles. The van der Waals surface area contributed by atoms with Gasteiger partial charge in [0.2, 0.25) is 0 Å². The van der Waals surface area contributed by atoms with Crippen molar-refractivity contribution in [1.29, 1.82) is 0 Å². The number of hydrogen-bond donors (Lipinski definition) is 2. The topological polar surface area (TPSA) is 104 Å². The van der Waals surface area contributed by atoms with Crippen molar-refractivity contribution < 1.29 is 54.6 Å². The molecule has 2 aromatic carbocycles. The third kappa shape index (κ3) is 7.19. The fourth-order valence-corrected chi connectivity index (χ4v) is 6.38. The summed E-state index contributed by atoms with van der Waals surface area (Å²) >= 11 is 0. The number of anilines is 1. The molecular weight excluding hydrogens is 684 g/mol. The third-order valence-electron chi connectivity index (χ3n) is 9.06. The van der Waals surface area contributed by atoms with Crippen molar-refractivity contribution >= 4 is 17.6 Å². The second-order valence-corrected chi connectivity index (χ2v) is 12.3. The minimum atomic E-state index is -4.87. The number of morpholine rings is 1. The van der Waals surface area contributed by atoms with E-state index in [-0.39, 0.29) is 37.4 Å². The fourth-order valence-electron chi connectivity index (χ4n) is 6.38. The molecule has 2 N–H and O–H groups in total. The highest BCUT2D eigenvalue weighted by Crippen LogP contribution is 2.40. The molecule has 17 heteroatoms. The standard InChI is InChI=1S/C33H32F8N4O5/c1-16-10-22(32(36,37)38)27(30(47)44(16)3)20-5-4-17(21-14-43(2)7-6-19(20)21)11-25(31(48)49)42-29(46)28-23(34)12-18(13-24(28)35)45-8-9-50-15-26(45)33(39,40)41/h4-5,10,12-13,25-26H,6-9,11,14-15H2,1-3H3,(H,42,46)(H,48,49)/t25-,26+/m0/s1. The van der Waals surface area contributed by atoms with E-state index in [1.807, 2.05) is 4.90 Å². The molecule has 1 aromatic heterocycles. The normalized spacial score (nSPS) is 17.7. The van der Waals surface area contributed by atoms with Gasteiger partial charge in [0.15, 0.2) is 0 Å². The highest BCUT2D eigenvalue weighted by atomic mass is 19.4. The lowest BCUT2D eigenvalue weighted by molar-refractivity contribution is -0.167. The van der Waals surface area contributed by atoms with Crippen molar-refractivity contribution in [3.63, 3.8) is 0 Å². The van der Waals surface area contributed by atoms with Gasteiger partial charge in [0.25, 0.3) is 11.5 Å². The van der Waals surface area contributed by atoms with E-state index < -0.39 is 88.9 Å². The van der Waals surface area contributed by atoms with Gasteiger partial charge in [-0.3, -0.25) is 9.59 Å². The molecule has 3 heterocycles. The van der Waals surface area contributed by atoms with Gasteiger partial charge in [-0.15, -0.1) is 0 Å². The number of carboxylic acid groups (broad SMARTS) is 1. The van der Waals surface area contributed by atoms with Gasteiger partial charge in [-0.1, -0.05) is 12.1 Å². The minimum absolute atomic E-state index is 0.0259. The van der Waals surface area contributed by atoms with Crippen LogP contribution in [0.25, 0.3) is 11.1 Å². The van der Waals surface area contributed by atoms with Crippen LogP contribution in [0.3, 0.4) is 0 Å². The zero-order chi connectivity index (χ0) is 36.9. The molecule has 1 amide bonds. The molecule has 9 nitrogen and oxygen atoms in total. The van der Waals surface area contributed by atoms with Crippen molar-refractivity contribution in [2.24, 2.45) is 7.05 Å². The number of amides is 1. The molecule has 1 saturated heterocycles. The van der Waals surface area contributed by atoms with Crippen molar-refractivity contribution in [1.82, 2.24) is 14.8 Å². The summed E-state index contributed by atoms with van der Waals surface area (Å²) in [6, 6.07) is 0.624. The van der Waals surface area contributed by atoms with Crippen molar-refractivity contribution in [2.45, 2.75) is 50.7 Å². The number of ether oxygens (including phenoxy) is 1. The minimum Gasteiger partial charge on any atom is -0.480 e. The first kappa shape index (κ1) is 36.8. The number of aromatic nitrogens is 1. The lowest BCUT2D eigenvalue weighted by atomic mass is 9.85. The monoisotopic (exact) mass is 716 g/mol. The Kier molecular flexibility index (Phi) is 10.0. The Morgan fingerprint density at radius 2 is 1.68 bits per heavy atom. The first-order valence-corrected chi connectivity index (χ1v) is 15.3. The van der Waals surface area contributed by atoms with E-state index in [9.17, 15) is 45.8 Å². The number of carbonyl (C=O) groups excluding carboxylic acids is 1. The van der Waals surface area contributed by atoms with Gasteiger partial charge in [0, 0.05) is 44.5 Å². The largest absolute Gasteiger partial charge is 0.480 e. The second kappa shape index (κ2) is 13.7. The van der Waals surface area contributed by atoms with E-state index in [4.69, 9.17) is 4.74 Å². The van der Waals surface area contributed by atoms with Gasteiger partial charge in [-0.25, -0.2) is 13.6 Å². The third-order valence-corrected chi connectivity index (χ3v) is 9.06. The van der Waals surface area contributed by atoms with E-state index in [0.29, 0.717) is 40.3 Å². The molecule has 0 spiro atoms. The molecule has 0 unspecified atom stereocenters. The van der Waals surface area contributed by atoms with Crippen LogP contribution in [0.1, 0.15) is 38.3 Å². The highest BCUT2D eigenvalue weighted by molar-refractivity contribution is 5.97. The van der Waals surface area contributed by atoms with E-state index in [0.717, 1.165) is 10.6 Å². The van der Waals surface area contributed by atoms with Crippen LogP contribution in [0.5, 0.6) is 0 Å². The molecule has 270 valence electrons. The first-order chi connectivity index (χ1) is 23.3. The number of hydrogen-bond acceptors (Lipinski definition) is 6. The Labute approximate surface area is 280 Å². The van der Waals surface area contributed by atoms with Crippen LogP contribution in [0.4, 0.5) is 40.8 Å². The molecular formula is C33H32F8N4O5. The SMILES string of the molecule is Cc1cc(C(F)(F)F)c(-c2ccc(C[C@H](NC(=O)c3c(F)cc(N4CCOC[C@@H]4C(F)(F)F)cc3F)C(=O)O)c3c2CCN(C)C3)c(=O)n1C. The molecule has 0 saturated carbocycles. The molecule has 3 aromatic rings. The number of pyridine rings is 1. The number of rotatable bonds is 7. The van der Waals surface area contributed by atoms with E-state index in [1.54, 1.807) is 7.05 Å². The summed E-state index contributed by atoms with van der Waals surface area (Å²) < 4.78 is 120. The Bertz CT molecular complexity index is 1870. The number of likely N-dealkylation sites (N-methyl/N-ethyl adjacent to an activating group) is 1. The van der Waals surface area contributed by atoms with Crippen LogP contribution in [0.2, 0.25) is 0 Å². The zero-order valence-electron chi connectivity index (χ0n) is 26.9. The lowest BCUT2D eigenvalue weighted by Crippen LogP contribution is -2.53. The number of aliphatic carboxylic acids is 1. The Hall–Kier alpha value is -4.51. The Morgan fingerprint density at radius 3 is 2.28 bits per heavy atom. The maximum absolute atomic E-state index is 15.2. The van der Waals surface area contributed by atoms with Gasteiger partial charge in [0.05, 0.1) is 24.3 Å².